The fourth-order valence-corrected chi connectivity index (χ4v) is 4.77. The zero-order chi connectivity index (χ0) is 31.1. The smallest absolute Gasteiger partial charge is 0.306 e. The first-order valence-corrected chi connectivity index (χ1v) is 12.6. The van der Waals surface area contributed by atoms with Gasteiger partial charge in [0.15, 0.2) is 34.5 Å². The topological polar surface area (TPSA) is 164 Å². The predicted octanol–water partition coefficient (Wildman–Crippen LogP) is 3.49. The monoisotopic (exact) mass is 584 g/mol. The Bertz CT molecular complexity index is 1340. The fraction of sp³-hybridized carbons (Fsp3) is 0.333. The molecule has 2 N–H and O–H groups in total. The molecule has 42 heavy (non-hydrogen) atoms. The lowest BCUT2D eigenvalue weighted by atomic mass is 9.75. The van der Waals surface area contributed by atoms with Crippen molar-refractivity contribution in [1.29, 1.82) is 0 Å². The van der Waals surface area contributed by atoms with Crippen LogP contribution in [0.3, 0.4) is 0 Å². The first kappa shape index (κ1) is 31.5. The summed E-state index contributed by atoms with van der Waals surface area (Å²) in [7, 11) is 7.92. The van der Waals surface area contributed by atoms with E-state index < -0.39 is 70.8 Å². The van der Waals surface area contributed by atoms with E-state index in [-0.39, 0.29) is 11.5 Å². The molecule has 0 fully saturated rings. The molecule has 2 aromatic carbocycles. The van der Waals surface area contributed by atoms with Crippen LogP contribution in [-0.4, -0.2) is 76.4 Å². The number of allylic oxidation sites excluding steroid dienone is 2. The molecule has 12 heteroatoms. The SMILES string of the molecule is COC(=O)C[C@@H](C1=C(O)C(=O)C([C@H](CC(=O)OC)c2ccc(OC)c(OC)c2)=C(O)C1=O)c1ccc(OC)c(OC)c1. The highest BCUT2D eigenvalue weighted by Gasteiger charge is 2.43. The molecule has 2 atom stereocenters. The lowest BCUT2D eigenvalue weighted by Gasteiger charge is -2.28. The van der Waals surface area contributed by atoms with Crippen LogP contribution in [0.2, 0.25) is 0 Å². The van der Waals surface area contributed by atoms with Gasteiger partial charge >= 0.3 is 11.9 Å². The zero-order valence-electron chi connectivity index (χ0n) is 24.0. The maximum atomic E-state index is 13.7. The van der Waals surface area contributed by atoms with Crippen molar-refractivity contribution in [3.8, 4) is 23.0 Å². The minimum atomic E-state index is -1.22. The molecule has 3 rings (SSSR count). The molecule has 1 aliphatic carbocycles. The van der Waals surface area contributed by atoms with Gasteiger partial charge in [0, 0.05) is 11.8 Å². The Morgan fingerprint density at radius 1 is 0.595 bits per heavy atom. The largest absolute Gasteiger partial charge is 0.504 e. The van der Waals surface area contributed by atoms with Gasteiger partial charge in [0.25, 0.3) is 0 Å². The van der Waals surface area contributed by atoms with Crippen LogP contribution in [0.1, 0.15) is 35.8 Å². The molecule has 0 radical (unpaired) electrons. The van der Waals surface area contributed by atoms with Gasteiger partial charge in [0.1, 0.15) is 0 Å². The summed E-state index contributed by atoms with van der Waals surface area (Å²) in [6, 6.07) is 9.04. The average Bonchev–Trinajstić information content (AvgIpc) is 3.01. The van der Waals surface area contributed by atoms with Gasteiger partial charge in [-0.15, -0.1) is 0 Å². The molecule has 0 saturated heterocycles. The minimum absolute atomic E-state index is 0.256. The van der Waals surface area contributed by atoms with E-state index in [0.29, 0.717) is 22.6 Å². The van der Waals surface area contributed by atoms with Crippen molar-refractivity contribution in [2.45, 2.75) is 24.7 Å². The maximum Gasteiger partial charge on any atom is 0.306 e. The van der Waals surface area contributed by atoms with Crippen LogP contribution < -0.4 is 18.9 Å². The van der Waals surface area contributed by atoms with Gasteiger partial charge in [0.2, 0.25) is 11.6 Å². The third-order valence-electron chi connectivity index (χ3n) is 6.94. The van der Waals surface area contributed by atoms with Gasteiger partial charge in [-0.3, -0.25) is 19.2 Å². The Morgan fingerprint density at radius 2 is 0.929 bits per heavy atom. The third kappa shape index (κ3) is 6.17. The summed E-state index contributed by atoms with van der Waals surface area (Å²) >= 11 is 0. The molecule has 0 saturated carbocycles. The van der Waals surface area contributed by atoms with Gasteiger partial charge in [-0.1, -0.05) is 12.1 Å². The second kappa shape index (κ2) is 13.6. The zero-order valence-corrected chi connectivity index (χ0v) is 24.0. The van der Waals surface area contributed by atoms with E-state index in [1.165, 1.54) is 64.8 Å². The average molecular weight is 585 g/mol. The van der Waals surface area contributed by atoms with Crippen LogP contribution in [-0.2, 0) is 28.7 Å². The van der Waals surface area contributed by atoms with Gasteiger partial charge in [-0.2, -0.15) is 0 Å². The number of methoxy groups -OCH3 is 6. The van der Waals surface area contributed by atoms with Crippen molar-refractivity contribution in [3.63, 3.8) is 0 Å². The second-order valence-corrected chi connectivity index (χ2v) is 9.08. The number of hydrogen-bond acceptors (Lipinski definition) is 12. The molecule has 0 heterocycles. The van der Waals surface area contributed by atoms with Crippen LogP contribution in [0.4, 0.5) is 0 Å². The fourth-order valence-electron chi connectivity index (χ4n) is 4.77. The Labute approximate surface area is 242 Å². The van der Waals surface area contributed by atoms with E-state index >= 15 is 0 Å². The van der Waals surface area contributed by atoms with Gasteiger partial charge < -0.3 is 38.6 Å². The Kier molecular flexibility index (Phi) is 10.2. The van der Waals surface area contributed by atoms with Crippen molar-refractivity contribution in [2.24, 2.45) is 0 Å². The summed E-state index contributed by atoms with van der Waals surface area (Å²) in [5, 5.41) is 22.4. The minimum Gasteiger partial charge on any atom is -0.504 e. The molecule has 0 unspecified atom stereocenters. The summed E-state index contributed by atoms with van der Waals surface area (Å²) in [6.45, 7) is 0. The molecule has 0 aromatic heterocycles. The number of ketones is 2. The van der Waals surface area contributed by atoms with Gasteiger partial charge in [-0.05, 0) is 35.4 Å². The van der Waals surface area contributed by atoms with Gasteiger partial charge in [-0.25, -0.2) is 0 Å². The molecular formula is C30H32O12. The van der Waals surface area contributed by atoms with E-state index in [1.807, 2.05) is 0 Å². The van der Waals surface area contributed by atoms with Crippen molar-refractivity contribution in [3.05, 3.63) is 70.2 Å². The third-order valence-corrected chi connectivity index (χ3v) is 6.94. The number of carbonyl (C=O) groups excluding carboxylic acids is 4. The van der Waals surface area contributed by atoms with E-state index in [2.05, 4.69) is 0 Å². The highest BCUT2D eigenvalue weighted by atomic mass is 16.5. The van der Waals surface area contributed by atoms with E-state index in [4.69, 9.17) is 28.4 Å². The number of aliphatic hydroxyl groups excluding tert-OH is 2. The number of hydrogen-bond donors (Lipinski definition) is 2. The van der Waals surface area contributed by atoms with E-state index in [9.17, 15) is 29.4 Å². The first-order valence-electron chi connectivity index (χ1n) is 12.6. The maximum absolute atomic E-state index is 13.7. The highest BCUT2D eigenvalue weighted by Crippen LogP contribution is 2.43. The highest BCUT2D eigenvalue weighted by molar-refractivity contribution is 6.24. The molecule has 0 spiro atoms. The number of ether oxygens (including phenoxy) is 6. The van der Waals surface area contributed by atoms with Crippen molar-refractivity contribution in [2.75, 3.05) is 42.7 Å². The molecule has 0 bridgehead atoms. The lowest BCUT2D eigenvalue weighted by molar-refractivity contribution is -0.142. The van der Waals surface area contributed by atoms with Crippen LogP contribution in [0.5, 0.6) is 23.0 Å². The van der Waals surface area contributed by atoms with Crippen LogP contribution in [0, 0.1) is 0 Å². The number of aliphatic hydroxyl groups is 2. The molecular weight excluding hydrogens is 552 g/mol. The van der Waals surface area contributed by atoms with Gasteiger partial charge in [0.05, 0.1) is 66.6 Å². The molecule has 0 aliphatic heterocycles. The van der Waals surface area contributed by atoms with E-state index in [1.54, 1.807) is 0 Å². The molecule has 2 aromatic rings. The summed E-state index contributed by atoms with van der Waals surface area (Å²) in [4.78, 5) is 52.2. The number of esters is 2. The van der Waals surface area contributed by atoms with E-state index in [0.717, 1.165) is 14.2 Å². The molecule has 0 amide bonds. The molecule has 224 valence electrons. The van der Waals surface area contributed by atoms with Crippen LogP contribution in [0.15, 0.2) is 59.1 Å². The summed E-state index contributed by atoms with van der Waals surface area (Å²) in [5.74, 6) is -6.94. The van der Waals surface area contributed by atoms with Crippen LogP contribution >= 0.6 is 0 Å². The molecule has 12 nitrogen and oxygen atoms in total. The molecule has 1 aliphatic rings. The number of carbonyl (C=O) groups is 4. The van der Waals surface area contributed by atoms with Crippen molar-refractivity contribution in [1.82, 2.24) is 0 Å². The Morgan fingerprint density at radius 3 is 1.21 bits per heavy atom. The number of Topliss-reactive ketones (excluding diaryl/α,β-unsaturated/α-hetero) is 2. The standard InChI is InChI=1S/C30H32O12/c1-37-19-9-7-15(11-21(19)39-3)17(13-23(31)41-5)25-27(33)29(35)26(30(36)28(25)34)18(14-24(32)42-6)16-8-10-20(38-2)22(12-16)40-4/h7-12,17-18,33,36H,13-14H2,1-6H3/t17-,18-/m1/s1. The number of rotatable bonds is 12. The normalized spacial score (nSPS) is 14.7. The second-order valence-electron chi connectivity index (χ2n) is 9.08. The van der Waals surface area contributed by atoms with Crippen LogP contribution in [0.25, 0.3) is 0 Å². The first-order chi connectivity index (χ1) is 20.1. The van der Waals surface area contributed by atoms with Crippen molar-refractivity contribution < 1.29 is 57.8 Å². The lowest BCUT2D eigenvalue weighted by Crippen LogP contribution is -2.31. The summed E-state index contributed by atoms with van der Waals surface area (Å²) < 4.78 is 30.7. The number of benzene rings is 2. The quantitative estimate of drug-likeness (QED) is 0.276. The summed E-state index contributed by atoms with van der Waals surface area (Å²) in [5.41, 5.74) is -0.461. The van der Waals surface area contributed by atoms with Crippen molar-refractivity contribution >= 4 is 23.5 Å². The Balaban J connectivity index is 2.20. The Hall–Kier alpha value is -5.00. The predicted molar refractivity (Wildman–Crippen MR) is 147 cm³/mol. The summed E-state index contributed by atoms with van der Waals surface area (Å²) in [6.07, 6.45) is -0.928.